The third-order valence-electron chi connectivity index (χ3n) is 4.35. The highest BCUT2D eigenvalue weighted by molar-refractivity contribution is 5.61. The van der Waals surface area contributed by atoms with Gasteiger partial charge < -0.3 is 29.4 Å². The molecule has 0 fully saturated rings. The third-order valence-corrected chi connectivity index (χ3v) is 4.35. The number of aromatic nitrogens is 2. The summed E-state index contributed by atoms with van der Waals surface area (Å²) in [6.45, 7) is 0.260. The molecule has 2 heterocycles. The van der Waals surface area contributed by atoms with Crippen LogP contribution in [0.2, 0.25) is 0 Å². The molecule has 0 saturated carbocycles. The molecule has 27 heavy (non-hydrogen) atoms. The van der Waals surface area contributed by atoms with Gasteiger partial charge >= 0.3 is 0 Å². The van der Waals surface area contributed by atoms with E-state index in [0.717, 1.165) is 0 Å². The van der Waals surface area contributed by atoms with Gasteiger partial charge in [0, 0.05) is 18.7 Å². The van der Waals surface area contributed by atoms with E-state index in [1.165, 1.54) is 21.3 Å². The molecule has 2 aromatic rings. The number of nitrogens with one attached hydrogen (secondary N) is 1. The largest absolute Gasteiger partial charge is 0.496 e. The van der Waals surface area contributed by atoms with Gasteiger partial charge in [-0.2, -0.15) is 5.26 Å². The number of hydrogen-bond donors (Lipinski definition) is 2. The number of H-pyrrole nitrogens is 1. The number of nitriles is 1. The van der Waals surface area contributed by atoms with E-state index in [0.29, 0.717) is 39.9 Å². The summed E-state index contributed by atoms with van der Waals surface area (Å²) in [7, 11) is 6.18. The van der Waals surface area contributed by atoms with Crippen LogP contribution in [-0.2, 0) is 11.3 Å². The van der Waals surface area contributed by atoms with Gasteiger partial charge in [-0.25, -0.2) is 0 Å². The minimum atomic E-state index is -0.572. The van der Waals surface area contributed by atoms with Gasteiger partial charge in [0.2, 0.25) is 11.8 Å². The van der Waals surface area contributed by atoms with Gasteiger partial charge in [0.25, 0.3) is 0 Å². The Morgan fingerprint density at radius 3 is 2.41 bits per heavy atom. The highest BCUT2D eigenvalue weighted by Crippen LogP contribution is 2.48. The van der Waals surface area contributed by atoms with Crippen LogP contribution in [0.15, 0.2) is 23.6 Å². The number of allylic oxidation sites excluding steroid dienone is 1. The van der Waals surface area contributed by atoms with Crippen molar-refractivity contribution in [3.63, 3.8) is 0 Å². The average molecular weight is 372 g/mol. The minimum absolute atomic E-state index is 0.0118. The first-order chi connectivity index (χ1) is 13.1. The number of nitrogens with two attached hydrogens (primary N) is 1. The molecule has 0 radical (unpaired) electrons. The third kappa shape index (κ3) is 3.00. The summed E-state index contributed by atoms with van der Waals surface area (Å²) >= 11 is 0. The second-order valence-electron chi connectivity index (χ2n) is 5.73. The van der Waals surface area contributed by atoms with Crippen molar-refractivity contribution in [2.24, 2.45) is 5.73 Å². The van der Waals surface area contributed by atoms with Crippen molar-refractivity contribution >= 4 is 0 Å². The van der Waals surface area contributed by atoms with E-state index in [1.54, 1.807) is 19.2 Å². The quantitative estimate of drug-likeness (QED) is 0.786. The van der Waals surface area contributed by atoms with Crippen molar-refractivity contribution in [3.8, 4) is 29.2 Å². The van der Waals surface area contributed by atoms with Crippen LogP contribution in [0.25, 0.3) is 0 Å². The summed E-state index contributed by atoms with van der Waals surface area (Å²) in [5.74, 6) is 1.22. The summed E-state index contributed by atoms with van der Waals surface area (Å²) in [6.07, 6.45) is 0. The summed E-state index contributed by atoms with van der Waals surface area (Å²) in [5, 5.41) is 16.8. The fourth-order valence-corrected chi connectivity index (χ4v) is 3.15. The lowest BCUT2D eigenvalue weighted by Crippen LogP contribution is -2.22. The number of nitrogens with zero attached hydrogens (tertiary/aromatic N) is 2. The molecule has 1 atom stereocenters. The number of rotatable bonds is 6. The van der Waals surface area contributed by atoms with Gasteiger partial charge in [-0.15, -0.1) is 5.10 Å². The highest BCUT2D eigenvalue weighted by Gasteiger charge is 2.37. The maximum absolute atomic E-state index is 9.74. The van der Waals surface area contributed by atoms with Crippen LogP contribution in [0.5, 0.6) is 23.1 Å². The van der Waals surface area contributed by atoms with Gasteiger partial charge in [-0.05, 0) is 6.07 Å². The van der Waals surface area contributed by atoms with Gasteiger partial charge in [-0.3, -0.25) is 5.10 Å². The summed E-state index contributed by atoms with van der Waals surface area (Å²) in [6, 6.07) is 5.59. The zero-order valence-corrected chi connectivity index (χ0v) is 15.5. The molecule has 142 valence electrons. The van der Waals surface area contributed by atoms with E-state index >= 15 is 0 Å². The average Bonchev–Trinajstić information content (AvgIpc) is 3.08. The van der Waals surface area contributed by atoms with Crippen molar-refractivity contribution < 1.29 is 23.7 Å². The van der Waals surface area contributed by atoms with Crippen LogP contribution in [-0.4, -0.2) is 38.6 Å². The number of methoxy groups -OCH3 is 4. The van der Waals surface area contributed by atoms with Crippen molar-refractivity contribution in [2.75, 3.05) is 28.4 Å². The Balaban J connectivity index is 2.29. The SMILES string of the molecule is COCc1[nH]nc2c1[C@@H](c1cc(OC)c(OC)cc1OC)C(C#N)=C(N)O2. The molecule has 3 rings (SSSR count). The van der Waals surface area contributed by atoms with Crippen LogP contribution in [0.4, 0.5) is 0 Å². The summed E-state index contributed by atoms with van der Waals surface area (Å²) in [4.78, 5) is 0. The Hall–Kier alpha value is -3.38. The van der Waals surface area contributed by atoms with E-state index in [-0.39, 0.29) is 18.1 Å². The highest BCUT2D eigenvalue weighted by atomic mass is 16.5. The number of ether oxygens (including phenoxy) is 5. The molecular weight excluding hydrogens is 352 g/mol. The van der Waals surface area contributed by atoms with E-state index in [9.17, 15) is 5.26 Å². The monoisotopic (exact) mass is 372 g/mol. The fourth-order valence-electron chi connectivity index (χ4n) is 3.15. The smallest absolute Gasteiger partial charge is 0.244 e. The second kappa shape index (κ2) is 7.47. The molecule has 0 bridgehead atoms. The van der Waals surface area contributed by atoms with E-state index in [4.69, 9.17) is 29.4 Å². The maximum Gasteiger partial charge on any atom is 0.244 e. The zero-order valence-electron chi connectivity index (χ0n) is 15.5. The van der Waals surface area contributed by atoms with Crippen molar-refractivity contribution in [2.45, 2.75) is 12.5 Å². The Bertz CT molecular complexity index is 929. The summed E-state index contributed by atoms with van der Waals surface area (Å²) < 4.78 is 27.1. The minimum Gasteiger partial charge on any atom is -0.496 e. The van der Waals surface area contributed by atoms with E-state index < -0.39 is 5.92 Å². The van der Waals surface area contributed by atoms with Gasteiger partial charge in [0.05, 0.1) is 45.1 Å². The van der Waals surface area contributed by atoms with Crippen LogP contribution < -0.4 is 24.7 Å². The molecule has 0 amide bonds. The predicted molar refractivity (Wildman–Crippen MR) is 94.7 cm³/mol. The first-order valence-electron chi connectivity index (χ1n) is 8.03. The molecule has 0 spiro atoms. The van der Waals surface area contributed by atoms with Crippen LogP contribution in [0.1, 0.15) is 22.7 Å². The van der Waals surface area contributed by atoms with Crippen LogP contribution >= 0.6 is 0 Å². The Labute approximate surface area is 156 Å². The molecule has 1 aliphatic rings. The summed E-state index contributed by atoms with van der Waals surface area (Å²) in [5.41, 5.74) is 8.23. The van der Waals surface area contributed by atoms with Crippen molar-refractivity contribution in [1.82, 2.24) is 10.2 Å². The maximum atomic E-state index is 9.74. The molecule has 0 saturated heterocycles. The van der Waals surface area contributed by atoms with E-state index in [2.05, 4.69) is 16.3 Å². The van der Waals surface area contributed by atoms with Crippen molar-refractivity contribution in [3.05, 3.63) is 40.4 Å². The topological polar surface area (TPSA) is 125 Å². The number of hydrogen-bond acceptors (Lipinski definition) is 8. The normalized spacial score (nSPS) is 15.6. The predicted octanol–water partition coefficient (Wildman–Crippen LogP) is 1.80. The Kier molecular flexibility index (Phi) is 5.09. The van der Waals surface area contributed by atoms with Gasteiger partial charge in [0.15, 0.2) is 11.5 Å². The number of aromatic amines is 1. The molecule has 1 aliphatic heterocycles. The second-order valence-corrected chi connectivity index (χ2v) is 5.73. The number of benzene rings is 1. The molecule has 3 N–H and O–H groups in total. The lowest BCUT2D eigenvalue weighted by Gasteiger charge is -2.26. The fraction of sp³-hybridized carbons (Fsp3) is 0.333. The molecule has 1 aromatic heterocycles. The van der Waals surface area contributed by atoms with Crippen LogP contribution in [0, 0.1) is 11.3 Å². The molecular formula is C18H20N4O5. The Morgan fingerprint density at radius 1 is 1.15 bits per heavy atom. The van der Waals surface area contributed by atoms with Gasteiger partial charge in [-0.1, -0.05) is 0 Å². The first kappa shape index (κ1) is 18.4. The Morgan fingerprint density at radius 2 is 1.81 bits per heavy atom. The standard InChI is InChI=1S/C18H20N4O5/c1-23-8-11-16-15(10(7-19)17(20)27-18(16)22-21-11)9-5-13(25-3)14(26-4)6-12(9)24-2/h5-6,15H,8,20H2,1-4H3,(H,21,22)/t15-/m0/s1. The first-order valence-corrected chi connectivity index (χ1v) is 8.03. The van der Waals surface area contributed by atoms with Gasteiger partial charge in [0.1, 0.15) is 17.4 Å². The van der Waals surface area contributed by atoms with E-state index in [1.807, 2.05) is 0 Å². The zero-order chi connectivity index (χ0) is 19.6. The van der Waals surface area contributed by atoms with Crippen molar-refractivity contribution in [1.29, 1.82) is 5.26 Å². The molecule has 1 aromatic carbocycles. The molecule has 9 nitrogen and oxygen atoms in total. The molecule has 0 aliphatic carbocycles. The number of fused-ring (bicyclic) bond motifs is 1. The van der Waals surface area contributed by atoms with Crippen LogP contribution in [0.3, 0.4) is 0 Å². The lowest BCUT2D eigenvalue weighted by molar-refractivity contribution is 0.180. The molecule has 0 unspecified atom stereocenters. The lowest BCUT2D eigenvalue weighted by atomic mass is 9.83. The molecule has 9 heteroatoms.